The molecule has 0 aromatic heterocycles. The molecule has 1 rings (SSSR count). The molecule has 1 unspecified atom stereocenters. The summed E-state index contributed by atoms with van der Waals surface area (Å²) in [7, 11) is 1.65. The number of benzene rings is 1. The maximum absolute atomic E-state index is 9.82. The highest BCUT2D eigenvalue weighted by Gasteiger charge is 2.05. The molecule has 0 spiro atoms. The molecule has 0 aliphatic carbocycles. The second kappa shape index (κ2) is 8.23. The van der Waals surface area contributed by atoms with Gasteiger partial charge in [-0.2, -0.15) is 0 Å². The van der Waals surface area contributed by atoms with E-state index < -0.39 is 0 Å². The maximum Gasteiger partial charge on any atom is 0.0700 e. The van der Waals surface area contributed by atoms with Crippen LogP contribution in [0.3, 0.4) is 0 Å². The lowest BCUT2D eigenvalue weighted by Crippen LogP contribution is -2.14. The van der Waals surface area contributed by atoms with Gasteiger partial charge < -0.3 is 14.6 Å². The zero-order valence-electron chi connectivity index (χ0n) is 10.7. The van der Waals surface area contributed by atoms with Gasteiger partial charge in [0.15, 0.2) is 0 Å². The minimum Gasteiger partial charge on any atom is -0.393 e. The molecule has 1 N–H and O–H groups in total. The Morgan fingerprint density at radius 1 is 1.12 bits per heavy atom. The van der Waals surface area contributed by atoms with Crippen molar-refractivity contribution in [1.82, 2.24) is 0 Å². The Bertz CT molecular complexity index is 295. The minimum atomic E-state index is -0.333. The summed E-state index contributed by atoms with van der Waals surface area (Å²) in [6.07, 6.45) is 1.02. The van der Waals surface area contributed by atoms with Gasteiger partial charge in [-0.1, -0.05) is 29.8 Å². The summed E-state index contributed by atoms with van der Waals surface area (Å²) in [5.41, 5.74) is 2.41. The van der Waals surface area contributed by atoms with Crippen molar-refractivity contribution in [2.75, 3.05) is 26.9 Å². The molecule has 1 atom stereocenters. The third-order valence-corrected chi connectivity index (χ3v) is 2.62. The van der Waals surface area contributed by atoms with Crippen LogP contribution in [0.2, 0.25) is 0 Å². The third-order valence-electron chi connectivity index (χ3n) is 2.62. The van der Waals surface area contributed by atoms with Crippen LogP contribution < -0.4 is 0 Å². The van der Waals surface area contributed by atoms with E-state index in [1.807, 2.05) is 0 Å². The lowest BCUT2D eigenvalue weighted by Gasteiger charge is -2.11. The van der Waals surface area contributed by atoms with Gasteiger partial charge in [-0.3, -0.25) is 0 Å². The van der Waals surface area contributed by atoms with Gasteiger partial charge >= 0.3 is 0 Å². The molecule has 1 aromatic rings. The van der Waals surface area contributed by atoms with Crippen molar-refractivity contribution in [3.05, 3.63) is 35.4 Å². The van der Waals surface area contributed by atoms with Gasteiger partial charge in [0.2, 0.25) is 0 Å². The molecule has 17 heavy (non-hydrogen) atoms. The Hall–Kier alpha value is -0.900. The van der Waals surface area contributed by atoms with Crippen LogP contribution in [0.15, 0.2) is 24.3 Å². The van der Waals surface area contributed by atoms with Crippen LogP contribution in [0.1, 0.15) is 17.5 Å². The fraction of sp³-hybridized carbons (Fsp3) is 0.571. The van der Waals surface area contributed by atoms with Crippen LogP contribution in [0.5, 0.6) is 0 Å². The molecule has 0 bridgehead atoms. The Morgan fingerprint density at radius 3 is 2.47 bits per heavy atom. The van der Waals surface area contributed by atoms with E-state index in [9.17, 15) is 5.11 Å². The van der Waals surface area contributed by atoms with Gasteiger partial charge in [0.25, 0.3) is 0 Å². The number of rotatable bonds is 8. The first-order valence-electron chi connectivity index (χ1n) is 6.02. The van der Waals surface area contributed by atoms with E-state index in [-0.39, 0.29) is 6.10 Å². The number of aryl methyl sites for hydroxylation is 1. The Balaban J connectivity index is 2.16. The molecule has 0 radical (unpaired) electrons. The number of aliphatic hydroxyl groups is 1. The van der Waals surface area contributed by atoms with Crippen molar-refractivity contribution in [2.45, 2.75) is 25.9 Å². The van der Waals surface area contributed by atoms with E-state index >= 15 is 0 Å². The molecule has 0 aliphatic heterocycles. The van der Waals surface area contributed by atoms with Crippen molar-refractivity contribution in [2.24, 2.45) is 0 Å². The number of ether oxygens (including phenoxy) is 2. The van der Waals surface area contributed by atoms with Crippen LogP contribution >= 0.6 is 0 Å². The van der Waals surface area contributed by atoms with Crippen LogP contribution in [-0.4, -0.2) is 38.1 Å². The second-order valence-electron chi connectivity index (χ2n) is 4.24. The van der Waals surface area contributed by atoms with Gasteiger partial charge in [-0.15, -0.1) is 0 Å². The van der Waals surface area contributed by atoms with Gasteiger partial charge in [-0.25, -0.2) is 0 Å². The summed E-state index contributed by atoms with van der Waals surface area (Å²) in [5.74, 6) is 0. The van der Waals surface area contributed by atoms with Crippen LogP contribution in [-0.2, 0) is 15.9 Å². The summed E-state index contributed by atoms with van der Waals surface area (Å²) in [5, 5.41) is 9.82. The van der Waals surface area contributed by atoms with E-state index in [0.717, 1.165) is 0 Å². The zero-order chi connectivity index (χ0) is 12.5. The second-order valence-corrected chi connectivity index (χ2v) is 4.24. The van der Waals surface area contributed by atoms with Gasteiger partial charge in [0.05, 0.1) is 19.3 Å². The molecule has 96 valence electrons. The lowest BCUT2D eigenvalue weighted by atomic mass is 10.0. The third kappa shape index (κ3) is 6.41. The molecule has 0 saturated carbocycles. The van der Waals surface area contributed by atoms with Crippen molar-refractivity contribution in [1.29, 1.82) is 0 Å². The lowest BCUT2D eigenvalue weighted by molar-refractivity contribution is 0.0479. The monoisotopic (exact) mass is 238 g/mol. The average Bonchev–Trinajstić information content (AvgIpc) is 2.32. The van der Waals surface area contributed by atoms with Gasteiger partial charge in [0, 0.05) is 13.7 Å². The van der Waals surface area contributed by atoms with E-state index in [4.69, 9.17) is 9.47 Å². The van der Waals surface area contributed by atoms with E-state index in [1.54, 1.807) is 7.11 Å². The smallest absolute Gasteiger partial charge is 0.0700 e. The first kappa shape index (κ1) is 14.2. The van der Waals surface area contributed by atoms with E-state index in [2.05, 4.69) is 31.2 Å². The molecule has 0 saturated heterocycles. The van der Waals surface area contributed by atoms with Crippen LogP contribution in [0, 0.1) is 6.92 Å². The van der Waals surface area contributed by atoms with E-state index in [0.29, 0.717) is 32.7 Å². The van der Waals surface area contributed by atoms with Gasteiger partial charge in [-0.05, 0) is 25.3 Å². The molecule has 0 aliphatic rings. The summed E-state index contributed by atoms with van der Waals surface area (Å²) in [6, 6.07) is 8.25. The van der Waals surface area contributed by atoms with Crippen LogP contribution in [0.4, 0.5) is 0 Å². The topological polar surface area (TPSA) is 38.7 Å². The molecule has 0 amide bonds. The number of aliphatic hydroxyl groups excluding tert-OH is 1. The fourth-order valence-corrected chi connectivity index (χ4v) is 1.56. The molecule has 3 nitrogen and oxygen atoms in total. The molecular weight excluding hydrogens is 216 g/mol. The molecule has 0 fully saturated rings. The number of methoxy groups -OCH3 is 1. The molecule has 0 heterocycles. The minimum absolute atomic E-state index is 0.333. The first-order valence-corrected chi connectivity index (χ1v) is 6.02. The predicted molar refractivity (Wildman–Crippen MR) is 68.2 cm³/mol. The van der Waals surface area contributed by atoms with Crippen LogP contribution in [0.25, 0.3) is 0 Å². The largest absolute Gasteiger partial charge is 0.393 e. The molecule has 1 aromatic carbocycles. The fourth-order valence-electron chi connectivity index (χ4n) is 1.56. The molecular formula is C14H22O3. The van der Waals surface area contributed by atoms with Gasteiger partial charge in [0.1, 0.15) is 0 Å². The van der Waals surface area contributed by atoms with Crippen molar-refractivity contribution < 1.29 is 14.6 Å². The Kier molecular flexibility index (Phi) is 6.86. The summed E-state index contributed by atoms with van der Waals surface area (Å²) < 4.78 is 10.2. The first-order chi connectivity index (χ1) is 8.22. The number of hydrogen-bond acceptors (Lipinski definition) is 3. The summed E-state index contributed by atoms with van der Waals surface area (Å²) >= 11 is 0. The standard InChI is InChI=1S/C14H22O3/c1-12-3-5-13(6-4-12)11-14(15)7-8-17-10-9-16-2/h3-6,14-15H,7-11H2,1-2H3. The van der Waals surface area contributed by atoms with E-state index in [1.165, 1.54) is 11.1 Å². The molecule has 3 heteroatoms. The highest BCUT2D eigenvalue weighted by atomic mass is 16.5. The maximum atomic E-state index is 9.82. The Labute approximate surface area is 103 Å². The zero-order valence-corrected chi connectivity index (χ0v) is 10.7. The normalized spacial score (nSPS) is 12.6. The quantitative estimate of drug-likeness (QED) is 0.704. The van der Waals surface area contributed by atoms with Crippen molar-refractivity contribution in [3.8, 4) is 0 Å². The predicted octanol–water partition coefficient (Wildman–Crippen LogP) is 1.95. The Morgan fingerprint density at radius 2 is 1.82 bits per heavy atom. The average molecular weight is 238 g/mol. The number of hydrogen-bond donors (Lipinski definition) is 1. The summed E-state index contributed by atoms with van der Waals surface area (Å²) in [6.45, 7) is 3.84. The highest BCUT2D eigenvalue weighted by molar-refractivity contribution is 5.21. The SMILES string of the molecule is COCCOCCC(O)Cc1ccc(C)cc1. The van der Waals surface area contributed by atoms with Crippen molar-refractivity contribution in [3.63, 3.8) is 0 Å². The van der Waals surface area contributed by atoms with Crippen molar-refractivity contribution >= 4 is 0 Å². The highest BCUT2D eigenvalue weighted by Crippen LogP contribution is 2.08. The summed E-state index contributed by atoms with van der Waals surface area (Å²) in [4.78, 5) is 0.